The molecule has 3 aromatic carbocycles. The smallest absolute Gasteiger partial charge is 0.362 e. The van der Waals surface area contributed by atoms with Crippen molar-refractivity contribution in [2.75, 3.05) is 27.2 Å². The minimum absolute atomic E-state index is 0.0448. The molecule has 0 unspecified atom stereocenters. The van der Waals surface area contributed by atoms with Crippen molar-refractivity contribution in [2.24, 2.45) is 0 Å². The minimum atomic E-state index is -0.0448. The van der Waals surface area contributed by atoms with Crippen LogP contribution < -0.4 is 10.9 Å². The molecule has 0 aliphatic heterocycles. The van der Waals surface area contributed by atoms with Gasteiger partial charge in [-0.2, -0.15) is 0 Å². The topological polar surface area (TPSA) is 12.5 Å². The standard InChI is InChI=1S/C21H24BNO/c1-17-11-13-19(14-12-17)22(24-16-15-23(2)3)21-10-6-8-18-7-4-5-9-20(18)21/h4-14H,15-16H2,1-3H3. The van der Waals surface area contributed by atoms with E-state index in [0.717, 1.165) is 6.54 Å². The van der Waals surface area contributed by atoms with Gasteiger partial charge < -0.3 is 9.55 Å². The second kappa shape index (κ2) is 7.65. The van der Waals surface area contributed by atoms with Gasteiger partial charge in [0.2, 0.25) is 0 Å². The highest BCUT2D eigenvalue weighted by Gasteiger charge is 2.23. The normalized spacial score (nSPS) is 11.2. The summed E-state index contributed by atoms with van der Waals surface area (Å²) < 4.78 is 6.33. The molecule has 0 saturated heterocycles. The molecule has 24 heavy (non-hydrogen) atoms. The first kappa shape index (κ1) is 16.8. The largest absolute Gasteiger partial charge is 0.426 e. The van der Waals surface area contributed by atoms with Gasteiger partial charge in [0.1, 0.15) is 0 Å². The van der Waals surface area contributed by atoms with Crippen LogP contribution in [0.4, 0.5) is 0 Å². The van der Waals surface area contributed by atoms with Crippen molar-refractivity contribution >= 4 is 28.6 Å². The Morgan fingerprint density at radius 2 is 1.58 bits per heavy atom. The molecular weight excluding hydrogens is 293 g/mol. The second-order valence-electron chi connectivity index (χ2n) is 6.53. The van der Waals surface area contributed by atoms with Crippen LogP contribution in [0.15, 0.2) is 66.7 Å². The molecule has 3 rings (SSSR count). The zero-order chi connectivity index (χ0) is 16.9. The van der Waals surface area contributed by atoms with E-state index in [1.54, 1.807) is 0 Å². The summed E-state index contributed by atoms with van der Waals surface area (Å²) in [6.07, 6.45) is 0. The molecule has 3 heteroatoms. The number of hydrogen-bond acceptors (Lipinski definition) is 2. The van der Waals surface area contributed by atoms with Gasteiger partial charge in [-0.15, -0.1) is 0 Å². The number of fused-ring (bicyclic) bond motifs is 1. The van der Waals surface area contributed by atoms with Crippen molar-refractivity contribution in [3.8, 4) is 0 Å². The molecule has 0 spiro atoms. The van der Waals surface area contributed by atoms with Crippen LogP contribution in [-0.2, 0) is 4.65 Å². The van der Waals surface area contributed by atoms with Crippen molar-refractivity contribution in [1.82, 2.24) is 4.90 Å². The molecule has 0 atom stereocenters. The molecular formula is C21H24BNO. The number of nitrogens with zero attached hydrogens (tertiary/aromatic N) is 1. The fourth-order valence-electron chi connectivity index (χ4n) is 2.94. The maximum atomic E-state index is 6.33. The van der Waals surface area contributed by atoms with E-state index in [-0.39, 0.29) is 6.92 Å². The molecule has 0 aliphatic rings. The highest BCUT2D eigenvalue weighted by molar-refractivity contribution is 6.81. The summed E-state index contributed by atoms with van der Waals surface area (Å²) in [5, 5.41) is 2.51. The van der Waals surface area contributed by atoms with Crippen molar-refractivity contribution in [1.29, 1.82) is 0 Å². The number of aryl methyl sites for hydroxylation is 1. The van der Waals surface area contributed by atoms with Crippen molar-refractivity contribution in [3.05, 3.63) is 72.3 Å². The zero-order valence-electron chi connectivity index (χ0n) is 14.7. The molecule has 0 fully saturated rings. The lowest BCUT2D eigenvalue weighted by atomic mass is 9.54. The molecule has 0 saturated carbocycles. The first-order valence-electron chi connectivity index (χ1n) is 8.46. The summed E-state index contributed by atoms with van der Waals surface area (Å²) in [6, 6.07) is 23.6. The maximum Gasteiger partial charge on any atom is 0.362 e. The summed E-state index contributed by atoms with van der Waals surface area (Å²) in [4.78, 5) is 2.15. The molecule has 0 N–H and O–H groups in total. The number of hydrogen-bond donors (Lipinski definition) is 0. The summed E-state index contributed by atoms with van der Waals surface area (Å²) in [6.45, 7) is 3.68. The van der Waals surface area contributed by atoms with Gasteiger partial charge in [-0.05, 0) is 42.7 Å². The number of likely N-dealkylation sites (N-methyl/N-ethyl adjacent to an activating group) is 1. The Balaban J connectivity index is 2.00. The average molecular weight is 317 g/mol. The predicted octanol–water partition coefficient (Wildman–Crippen LogP) is 2.83. The van der Waals surface area contributed by atoms with Crippen LogP contribution in [0.1, 0.15) is 5.56 Å². The van der Waals surface area contributed by atoms with Crippen molar-refractivity contribution in [2.45, 2.75) is 6.92 Å². The molecule has 0 aromatic heterocycles. The van der Waals surface area contributed by atoms with Crippen LogP contribution in [0.2, 0.25) is 0 Å². The van der Waals surface area contributed by atoms with E-state index >= 15 is 0 Å². The Labute approximate surface area is 145 Å². The Morgan fingerprint density at radius 3 is 2.33 bits per heavy atom. The first-order chi connectivity index (χ1) is 11.6. The average Bonchev–Trinajstić information content (AvgIpc) is 2.59. The van der Waals surface area contributed by atoms with E-state index in [1.807, 2.05) is 0 Å². The Morgan fingerprint density at radius 1 is 0.875 bits per heavy atom. The fraction of sp³-hybridized carbons (Fsp3) is 0.238. The maximum absolute atomic E-state index is 6.33. The molecule has 0 heterocycles. The minimum Gasteiger partial charge on any atom is -0.426 e. The van der Waals surface area contributed by atoms with Crippen LogP contribution in [-0.4, -0.2) is 39.1 Å². The molecule has 0 aliphatic carbocycles. The van der Waals surface area contributed by atoms with Gasteiger partial charge in [-0.3, -0.25) is 0 Å². The third-order valence-corrected chi connectivity index (χ3v) is 4.31. The highest BCUT2D eigenvalue weighted by Crippen LogP contribution is 2.12. The lowest BCUT2D eigenvalue weighted by Crippen LogP contribution is -2.46. The first-order valence-corrected chi connectivity index (χ1v) is 8.46. The quantitative estimate of drug-likeness (QED) is 0.648. The van der Waals surface area contributed by atoms with Crippen LogP contribution in [0, 0.1) is 6.92 Å². The predicted molar refractivity (Wildman–Crippen MR) is 105 cm³/mol. The molecule has 0 amide bonds. The van der Waals surface area contributed by atoms with E-state index in [2.05, 4.69) is 92.6 Å². The van der Waals surface area contributed by atoms with Gasteiger partial charge in [0.05, 0.1) is 0 Å². The van der Waals surface area contributed by atoms with Crippen LogP contribution >= 0.6 is 0 Å². The van der Waals surface area contributed by atoms with Crippen LogP contribution in [0.3, 0.4) is 0 Å². The second-order valence-corrected chi connectivity index (χ2v) is 6.53. The molecule has 0 bridgehead atoms. The molecule has 0 radical (unpaired) electrons. The summed E-state index contributed by atoms with van der Waals surface area (Å²) in [7, 11) is 4.14. The van der Waals surface area contributed by atoms with Crippen LogP contribution in [0.25, 0.3) is 10.8 Å². The highest BCUT2D eigenvalue weighted by atomic mass is 16.4. The molecule has 3 aromatic rings. The lowest BCUT2D eigenvalue weighted by molar-refractivity contribution is 0.269. The number of rotatable bonds is 6. The van der Waals surface area contributed by atoms with E-state index in [9.17, 15) is 0 Å². The van der Waals surface area contributed by atoms with Gasteiger partial charge in [-0.25, -0.2) is 0 Å². The SMILES string of the molecule is Cc1ccc(B(OCCN(C)C)c2cccc3ccccc23)cc1. The van der Waals surface area contributed by atoms with Crippen LogP contribution in [0.5, 0.6) is 0 Å². The monoisotopic (exact) mass is 317 g/mol. The van der Waals surface area contributed by atoms with E-state index in [0.29, 0.717) is 6.61 Å². The summed E-state index contributed by atoms with van der Waals surface area (Å²) in [5.41, 5.74) is 3.70. The molecule has 122 valence electrons. The third kappa shape index (κ3) is 3.86. The molecule has 2 nitrogen and oxygen atoms in total. The summed E-state index contributed by atoms with van der Waals surface area (Å²) in [5.74, 6) is 0. The number of benzene rings is 3. The van der Waals surface area contributed by atoms with Gasteiger partial charge >= 0.3 is 6.92 Å². The van der Waals surface area contributed by atoms with Gasteiger partial charge in [-0.1, -0.05) is 72.3 Å². The van der Waals surface area contributed by atoms with Gasteiger partial charge in [0.15, 0.2) is 0 Å². The Hall–Kier alpha value is -2.10. The van der Waals surface area contributed by atoms with E-state index in [1.165, 1.54) is 27.3 Å². The third-order valence-electron chi connectivity index (χ3n) is 4.31. The lowest BCUT2D eigenvalue weighted by Gasteiger charge is -2.19. The Bertz CT molecular complexity index is 793. The Kier molecular flexibility index (Phi) is 5.34. The van der Waals surface area contributed by atoms with Crippen molar-refractivity contribution in [3.63, 3.8) is 0 Å². The van der Waals surface area contributed by atoms with E-state index in [4.69, 9.17) is 4.65 Å². The summed E-state index contributed by atoms with van der Waals surface area (Å²) >= 11 is 0. The fourth-order valence-corrected chi connectivity index (χ4v) is 2.94. The van der Waals surface area contributed by atoms with Gasteiger partial charge in [0.25, 0.3) is 0 Å². The zero-order valence-corrected chi connectivity index (χ0v) is 14.7. The van der Waals surface area contributed by atoms with Gasteiger partial charge in [0, 0.05) is 13.2 Å². The van der Waals surface area contributed by atoms with E-state index < -0.39 is 0 Å². The van der Waals surface area contributed by atoms with Crippen molar-refractivity contribution < 1.29 is 4.65 Å².